The minimum absolute atomic E-state index is 0. The van der Waals surface area contributed by atoms with Crippen molar-refractivity contribution in [3.63, 3.8) is 0 Å². The number of carbonyl (C=O) groups excluding carboxylic acids is 1. The maximum absolute atomic E-state index is 13.1. The molecule has 2 rings (SSSR count). The predicted octanol–water partition coefficient (Wildman–Crippen LogP) is 2.47. The molecule has 24 heavy (non-hydrogen) atoms. The number of halogens is 2. The first-order chi connectivity index (χ1) is 10.9. The van der Waals surface area contributed by atoms with Crippen LogP contribution in [0.25, 0.3) is 0 Å². The van der Waals surface area contributed by atoms with E-state index < -0.39 is 11.9 Å². The maximum atomic E-state index is 13.1. The summed E-state index contributed by atoms with van der Waals surface area (Å²) in [7, 11) is 0. The van der Waals surface area contributed by atoms with Crippen LogP contribution in [0.2, 0.25) is 0 Å². The summed E-state index contributed by atoms with van der Waals surface area (Å²) < 4.78 is 18.9. The van der Waals surface area contributed by atoms with Gasteiger partial charge in [0.2, 0.25) is 5.91 Å². The number of rotatable bonds is 4. The Balaban J connectivity index is 0.00000288. The number of piperidine rings is 1. The third kappa shape index (κ3) is 4.83. The highest BCUT2D eigenvalue weighted by atomic mass is 35.5. The van der Waals surface area contributed by atoms with Gasteiger partial charge < -0.3 is 15.4 Å². The molecule has 1 aliphatic heterocycles. The molecule has 0 spiro atoms. The maximum Gasteiger partial charge on any atom is 0.239 e. The highest BCUT2D eigenvalue weighted by molar-refractivity contribution is 5.85. The summed E-state index contributed by atoms with van der Waals surface area (Å²) in [6.07, 6.45) is 1.24. The molecule has 0 aromatic heterocycles. The average molecular weight is 356 g/mol. The van der Waals surface area contributed by atoms with Gasteiger partial charge in [0.15, 0.2) is 0 Å². The van der Waals surface area contributed by atoms with E-state index in [1.165, 1.54) is 12.1 Å². The second-order valence-electron chi connectivity index (χ2n) is 6.16. The summed E-state index contributed by atoms with van der Waals surface area (Å²) in [5.74, 6) is 0.00127. The van der Waals surface area contributed by atoms with Crippen LogP contribution in [0.4, 0.5) is 4.39 Å². The minimum atomic E-state index is -0.477. The highest BCUT2D eigenvalue weighted by Crippen LogP contribution is 2.24. The smallest absolute Gasteiger partial charge is 0.239 e. The van der Waals surface area contributed by atoms with E-state index in [1.807, 2.05) is 19.9 Å². The van der Waals surface area contributed by atoms with Gasteiger partial charge in [-0.25, -0.2) is 4.39 Å². The summed E-state index contributed by atoms with van der Waals surface area (Å²) in [5.41, 5.74) is 6.09. The molecule has 132 valence electrons. The molecule has 1 aromatic carbocycles. The summed E-state index contributed by atoms with van der Waals surface area (Å²) >= 11 is 0. The molecule has 1 fully saturated rings. The van der Waals surface area contributed by atoms with Crippen molar-refractivity contribution in [2.45, 2.75) is 38.8 Å². The van der Waals surface area contributed by atoms with Gasteiger partial charge in [0.25, 0.3) is 0 Å². The fourth-order valence-corrected chi connectivity index (χ4v) is 2.56. The van der Waals surface area contributed by atoms with Gasteiger partial charge >= 0.3 is 0 Å². The van der Waals surface area contributed by atoms with E-state index in [0.29, 0.717) is 31.7 Å². The number of nitrogens with two attached hydrogens (primary N) is 1. The molecule has 1 heterocycles. The lowest BCUT2D eigenvalue weighted by molar-refractivity contribution is -0.135. The van der Waals surface area contributed by atoms with Crippen molar-refractivity contribution in [1.29, 1.82) is 5.26 Å². The first-order valence-electron chi connectivity index (χ1n) is 7.83. The van der Waals surface area contributed by atoms with E-state index in [4.69, 9.17) is 15.7 Å². The van der Waals surface area contributed by atoms with Crippen molar-refractivity contribution < 1.29 is 13.9 Å². The molecular weight excluding hydrogens is 333 g/mol. The Bertz CT molecular complexity index is 610. The second-order valence-corrected chi connectivity index (χ2v) is 6.16. The van der Waals surface area contributed by atoms with Crippen LogP contribution < -0.4 is 10.5 Å². The van der Waals surface area contributed by atoms with E-state index in [1.54, 1.807) is 4.90 Å². The molecule has 0 aliphatic carbocycles. The molecule has 7 heteroatoms. The number of nitriles is 1. The Morgan fingerprint density at radius 2 is 2.04 bits per heavy atom. The van der Waals surface area contributed by atoms with Crippen LogP contribution in [0, 0.1) is 23.1 Å². The minimum Gasteiger partial charge on any atom is -0.489 e. The van der Waals surface area contributed by atoms with Gasteiger partial charge in [0.1, 0.15) is 23.7 Å². The molecule has 0 radical (unpaired) electrons. The largest absolute Gasteiger partial charge is 0.489 e. The lowest BCUT2D eigenvalue weighted by Gasteiger charge is -2.34. The van der Waals surface area contributed by atoms with Crippen LogP contribution in [0.3, 0.4) is 0 Å². The Hall–Kier alpha value is -1.84. The number of amides is 1. The van der Waals surface area contributed by atoms with Gasteiger partial charge in [-0.2, -0.15) is 5.26 Å². The predicted molar refractivity (Wildman–Crippen MR) is 91.4 cm³/mol. The first kappa shape index (κ1) is 20.2. The van der Waals surface area contributed by atoms with Crippen LogP contribution in [0.15, 0.2) is 18.2 Å². The summed E-state index contributed by atoms with van der Waals surface area (Å²) in [4.78, 5) is 14.0. The van der Waals surface area contributed by atoms with E-state index in [2.05, 4.69) is 0 Å². The van der Waals surface area contributed by atoms with Crippen molar-refractivity contribution >= 4 is 18.3 Å². The molecule has 0 bridgehead atoms. The van der Waals surface area contributed by atoms with Gasteiger partial charge in [-0.15, -0.1) is 12.4 Å². The van der Waals surface area contributed by atoms with Gasteiger partial charge in [-0.3, -0.25) is 4.79 Å². The average Bonchev–Trinajstić information content (AvgIpc) is 2.55. The zero-order valence-corrected chi connectivity index (χ0v) is 14.7. The first-order valence-corrected chi connectivity index (χ1v) is 7.83. The van der Waals surface area contributed by atoms with Gasteiger partial charge in [-0.05, 0) is 24.1 Å². The zero-order chi connectivity index (χ0) is 17.0. The zero-order valence-electron chi connectivity index (χ0n) is 13.9. The summed E-state index contributed by atoms with van der Waals surface area (Å²) in [5, 5.41) is 9.04. The third-order valence-corrected chi connectivity index (χ3v) is 4.11. The SMILES string of the molecule is CC(C)[C@H](N)C(=O)N1CCC(Oc2ccc(F)cc2C#N)CC1.Cl. The molecule has 5 nitrogen and oxygen atoms in total. The number of benzene rings is 1. The lowest BCUT2D eigenvalue weighted by Crippen LogP contribution is -2.50. The Morgan fingerprint density at radius 1 is 1.42 bits per heavy atom. The molecule has 1 saturated heterocycles. The van der Waals surface area contributed by atoms with Crippen molar-refractivity contribution in [3.8, 4) is 11.8 Å². The standard InChI is InChI=1S/C17H22FN3O2.ClH/c1-11(2)16(20)17(22)21-7-5-14(6-8-21)23-15-4-3-13(18)9-12(15)10-19;/h3-4,9,11,14,16H,5-8,20H2,1-2H3;1H/t16-;/m0./s1. The number of hydrogen-bond donors (Lipinski definition) is 1. The normalized spacial score (nSPS) is 16.2. The fraction of sp³-hybridized carbons (Fsp3) is 0.529. The number of likely N-dealkylation sites (tertiary alicyclic amines) is 1. The summed E-state index contributed by atoms with van der Waals surface area (Å²) in [6.45, 7) is 5.01. The molecule has 1 amide bonds. The fourth-order valence-electron chi connectivity index (χ4n) is 2.56. The molecular formula is C17H23ClFN3O2. The van der Waals surface area contributed by atoms with Crippen LogP contribution >= 0.6 is 12.4 Å². The van der Waals surface area contributed by atoms with Crippen molar-refractivity contribution in [3.05, 3.63) is 29.6 Å². The van der Waals surface area contributed by atoms with Crippen LogP contribution in [-0.2, 0) is 4.79 Å². The van der Waals surface area contributed by atoms with Crippen molar-refractivity contribution in [2.24, 2.45) is 11.7 Å². The van der Waals surface area contributed by atoms with Crippen molar-refractivity contribution in [1.82, 2.24) is 4.90 Å². The topological polar surface area (TPSA) is 79.3 Å². The molecule has 0 saturated carbocycles. The number of hydrogen-bond acceptors (Lipinski definition) is 4. The van der Waals surface area contributed by atoms with Crippen LogP contribution in [0.1, 0.15) is 32.3 Å². The van der Waals surface area contributed by atoms with E-state index >= 15 is 0 Å². The van der Waals surface area contributed by atoms with Gasteiger partial charge in [0.05, 0.1) is 11.6 Å². The van der Waals surface area contributed by atoms with E-state index in [-0.39, 0.29) is 35.9 Å². The number of nitrogens with zero attached hydrogens (tertiary/aromatic N) is 2. The highest BCUT2D eigenvalue weighted by Gasteiger charge is 2.28. The lowest BCUT2D eigenvalue weighted by atomic mass is 10.0. The quantitative estimate of drug-likeness (QED) is 0.899. The van der Waals surface area contributed by atoms with Gasteiger partial charge in [-0.1, -0.05) is 13.8 Å². The number of ether oxygens (including phenoxy) is 1. The molecule has 0 unspecified atom stereocenters. The Kier molecular flexibility index (Phi) is 7.46. The van der Waals surface area contributed by atoms with Crippen LogP contribution in [0.5, 0.6) is 5.75 Å². The van der Waals surface area contributed by atoms with Crippen molar-refractivity contribution in [2.75, 3.05) is 13.1 Å². The van der Waals surface area contributed by atoms with E-state index in [0.717, 1.165) is 6.07 Å². The second kappa shape index (κ2) is 8.86. The Morgan fingerprint density at radius 3 is 2.58 bits per heavy atom. The molecule has 2 N–H and O–H groups in total. The molecule has 1 aromatic rings. The monoisotopic (exact) mass is 355 g/mol. The van der Waals surface area contributed by atoms with Gasteiger partial charge in [0, 0.05) is 25.9 Å². The summed E-state index contributed by atoms with van der Waals surface area (Å²) in [6, 6.07) is 5.37. The number of carbonyl (C=O) groups is 1. The molecule has 1 aliphatic rings. The van der Waals surface area contributed by atoms with Crippen LogP contribution in [-0.4, -0.2) is 36.0 Å². The third-order valence-electron chi connectivity index (χ3n) is 4.11. The Labute approximate surface area is 148 Å². The molecule has 1 atom stereocenters. The van der Waals surface area contributed by atoms with E-state index in [9.17, 15) is 9.18 Å².